The Kier molecular flexibility index (Phi) is 7.44. The van der Waals surface area contributed by atoms with Crippen molar-refractivity contribution in [3.63, 3.8) is 0 Å². The minimum atomic E-state index is -0.121. The number of amides is 2. The normalized spacial score (nSPS) is 25.4. The summed E-state index contributed by atoms with van der Waals surface area (Å²) in [4.78, 5) is 34.4. The van der Waals surface area contributed by atoms with Gasteiger partial charge in [0.05, 0.1) is 5.52 Å². The molecule has 2 amide bonds. The van der Waals surface area contributed by atoms with E-state index in [0.717, 1.165) is 60.6 Å². The summed E-state index contributed by atoms with van der Waals surface area (Å²) in [5.74, 6) is 3.40. The van der Waals surface area contributed by atoms with Gasteiger partial charge in [0.2, 0.25) is 11.8 Å². The fourth-order valence-electron chi connectivity index (χ4n) is 5.93. The number of aryl methyl sites for hydroxylation is 1. The number of fused-ring (bicyclic) bond motifs is 1. The number of benzene rings is 1. The maximum Gasteiger partial charge on any atom is 0.224 e. The van der Waals surface area contributed by atoms with Gasteiger partial charge in [-0.05, 0) is 73.3 Å². The van der Waals surface area contributed by atoms with Crippen LogP contribution < -0.4 is 10.2 Å². The molecule has 1 aromatic carbocycles. The summed E-state index contributed by atoms with van der Waals surface area (Å²) in [5, 5.41) is 4.03. The quantitative estimate of drug-likeness (QED) is 0.656. The molecule has 0 saturated carbocycles. The molecule has 6 heteroatoms. The Labute approximate surface area is 204 Å². The molecule has 2 fully saturated rings. The number of pyridine rings is 1. The number of aromatic nitrogens is 1. The number of hydrogen-bond donors (Lipinski definition) is 1. The lowest BCUT2D eigenvalue weighted by atomic mass is 9.91. The van der Waals surface area contributed by atoms with Crippen molar-refractivity contribution in [1.82, 2.24) is 9.88 Å². The third-order valence-corrected chi connectivity index (χ3v) is 7.27. The van der Waals surface area contributed by atoms with Crippen molar-refractivity contribution < 1.29 is 9.59 Å². The van der Waals surface area contributed by atoms with Crippen LogP contribution in [0.1, 0.15) is 58.9 Å². The highest BCUT2D eigenvalue weighted by Gasteiger charge is 2.26. The summed E-state index contributed by atoms with van der Waals surface area (Å²) in [6.07, 6.45) is 2.90. The summed E-state index contributed by atoms with van der Waals surface area (Å²) < 4.78 is 0. The third-order valence-electron chi connectivity index (χ3n) is 7.27. The highest BCUT2D eigenvalue weighted by atomic mass is 16.2. The Bertz CT molecular complexity index is 1030. The number of rotatable bonds is 5. The van der Waals surface area contributed by atoms with E-state index < -0.39 is 0 Å². The summed E-state index contributed by atoms with van der Waals surface area (Å²) >= 11 is 0. The number of hydrogen-bond acceptors (Lipinski definition) is 4. The van der Waals surface area contributed by atoms with Crippen molar-refractivity contribution in [1.29, 1.82) is 0 Å². The van der Waals surface area contributed by atoms with Gasteiger partial charge < -0.3 is 15.1 Å². The molecule has 2 aromatic rings. The molecule has 2 aliphatic rings. The Morgan fingerprint density at radius 1 is 0.912 bits per heavy atom. The molecule has 4 rings (SSSR count). The molecule has 2 saturated heterocycles. The molecule has 0 spiro atoms. The van der Waals surface area contributed by atoms with E-state index in [4.69, 9.17) is 4.98 Å². The zero-order valence-electron chi connectivity index (χ0n) is 21.4. The van der Waals surface area contributed by atoms with Crippen molar-refractivity contribution in [3.8, 4) is 0 Å². The summed E-state index contributed by atoms with van der Waals surface area (Å²) in [7, 11) is 0. The van der Waals surface area contributed by atoms with Crippen molar-refractivity contribution in [3.05, 3.63) is 29.8 Å². The zero-order chi connectivity index (χ0) is 24.4. The standard InChI is InChI=1S/C28H40N4O2/c1-18-10-19(2)15-31(14-18)26-12-22(5)24-13-23(6-7-25(24)30-26)29-27(33)8-9-28(34)32-16-20(3)11-21(4)17-32/h6-7,12-13,18-21H,8-11,14-17H2,1-5H3,(H,29,33)/t18-,19+,20-,21-/m1/s1. The first-order chi connectivity index (χ1) is 16.2. The maximum atomic E-state index is 12.6. The maximum absolute atomic E-state index is 12.6. The van der Waals surface area contributed by atoms with Crippen LogP contribution in [0.15, 0.2) is 24.3 Å². The fraction of sp³-hybridized carbons (Fsp3) is 0.607. The predicted molar refractivity (Wildman–Crippen MR) is 139 cm³/mol. The lowest BCUT2D eigenvalue weighted by Crippen LogP contribution is -2.42. The molecular weight excluding hydrogens is 424 g/mol. The van der Waals surface area contributed by atoms with Gasteiger partial charge in [-0.1, -0.05) is 27.7 Å². The SMILES string of the molecule is Cc1cc(N2C[C@H](C)C[C@H](C)C2)nc2ccc(NC(=O)CCC(=O)N3C[C@H](C)C[C@@H](C)C3)cc12. The molecule has 1 aromatic heterocycles. The average Bonchev–Trinajstić information content (AvgIpc) is 2.76. The molecular formula is C28H40N4O2. The second kappa shape index (κ2) is 10.3. The van der Waals surface area contributed by atoms with Gasteiger partial charge in [-0.2, -0.15) is 0 Å². The summed E-state index contributed by atoms with van der Waals surface area (Å²) in [6, 6.07) is 8.06. The second-order valence-electron chi connectivity index (χ2n) is 11.2. The molecule has 0 unspecified atom stereocenters. The van der Waals surface area contributed by atoms with Crippen LogP contribution in [-0.2, 0) is 9.59 Å². The van der Waals surface area contributed by atoms with Gasteiger partial charge in [0, 0.05) is 50.1 Å². The highest BCUT2D eigenvalue weighted by Crippen LogP contribution is 2.29. The van der Waals surface area contributed by atoms with Crippen LogP contribution in [-0.4, -0.2) is 47.9 Å². The van der Waals surface area contributed by atoms with Gasteiger partial charge in [0.25, 0.3) is 0 Å². The number of anilines is 2. The number of carbonyl (C=O) groups excluding carboxylic acids is 2. The van der Waals surface area contributed by atoms with E-state index in [-0.39, 0.29) is 24.7 Å². The smallest absolute Gasteiger partial charge is 0.224 e. The van der Waals surface area contributed by atoms with Crippen molar-refractivity contribution in [2.75, 3.05) is 36.4 Å². The van der Waals surface area contributed by atoms with Crippen LogP contribution in [0.3, 0.4) is 0 Å². The van der Waals surface area contributed by atoms with Gasteiger partial charge in [0.15, 0.2) is 0 Å². The van der Waals surface area contributed by atoms with Crippen molar-refractivity contribution in [2.45, 2.75) is 60.3 Å². The molecule has 0 radical (unpaired) electrons. The number of piperidine rings is 2. The van der Waals surface area contributed by atoms with Crippen LogP contribution in [0.5, 0.6) is 0 Å². The molecule has 34 heavy (non-hydrogen) atoms. The van der Waals surface area contributed by atoms with Crippen LogP contribution in [0.4, 0.5) is 11.5 Å². The molecule has 1 N–H and O–H groups in total. The van der Waals surface area contributed by atoms with E-state index in [9.17, 15) is 9.59 Å². The average molecular weight is 465 g/mol. The minimum Gasteiger partial charge on any atom is -0.356 e. The molecule has 2 aliphatic heterocycles. The first kappa shape index (κ1) is 24.5. The second-order valence-corrected chi connectivity index (χ2v) is 11.2. The number of likely N-dealkylation sites (tertiary alicyclic amines) is 1. The molecule has 3 heterocycles. The lowest BCUT2D eigenvalue weighted by Gasteiger charge is -2.36. The monoisotopic (exact) mass is 464 g/mol. The van der Waals surface area contributed by atoms with E-state index in [1.807, 2.05) is 23.1 Å². The third kappa shape index (κ3) is 5.89. The van der Waals surface area contributed by atoms with Gasteiger partial charge in [-0.25, -0.2) is 4.98 Å². The first-order valence-electron chi connectivity index (χ1n) is 12.9. The van der Waals surface area contributed by atoms with Crippen LogP contribution in [0.25, 0.3) is 10.9 Å². The molecule has 0 aliphatic carbocycles. The van der Waals surface area contributed by atoms with Gasteiger partial charge in [0.1, 0.15) is 5.82 Å². The van der Waals surface area contributed by atoms with E-state index in [1.54, 1.807) is 0 Å². The van der Waals surface area contributed by atoms with E-state index in [0.29, 0.717) is 23.7 Å². The van der Waals surface area contributed by atoms with Crippen molar-refractivity contribution in [2.24, 2.45) is 23.7 Å². The van der Waals surface area contributed by atoms with E-state index in [2.05, 4.69) is 50.9 Å². The summed E-state index contributed by atoms with van der Waals surface area (Å²) in [5.41, 5.74) is 2.86. The largest absolute Gasteiger partial charge is 0.356 e. The topological polar surface area (TPSA) is 65.5 Å². The Hall–Kier alpha value is -2.63. The fourth-order valence-corrected chi connectivity index (χ4v) is 5.93. The molecule has 6 nitrogen and oxygen atoms in total. The van der Waals surface area contributed by atoms with Gasteiger partial charge in [-0.15, -0.1) is 0 Å². The first-order valence-corrected chi connectivity index (χ1v) is 12.9. The number of carbonyl (C=O) groups is 2. The van der Waals surface area contributed by atoms with E-state index in [1.165, 1.54) is 6.42 Å². The Morgan fingerprint density at radius 3 is 2.18 bits per heavy atom. The summed E-state index contributed by atoms with van der Waals surface area (Å²) in [6.45, 7) is 14.8. The Morgan fingerprint density at radius 2 is 1.53 bits per heavy atom. The molecule has 0 bridgehead atoms. The predicted octanol–water partition coefficient (Wildman–Crippen LogP) is 5.25. The Balaban J connectivity index is 1.38. The van der Waals surface area contributed by atoms with Crippen LogP contribution >= 0.6 is 0 Å². The lowest BCUT2D eigenvalue weighted by molar-refractivity contribution is -0.135. The van der Waals surface area contributed by atoms with Gasteiger partial charge >= 0.3 is 0 Å². The van der Waals surface area contributed by atoms with Crippen LogP contribution in [0, 0.1) is 30.6 Å². The minimum absolute atomic E-state index is 0.0842. The highest BCUT2D eigenvalue weighted by molar-refractivity contribution is 5.96. The van der Waals surface area contributed by atoms with Crippen molar-refractivity contribution >= 4 is 34.2 Å². The van der Waals surface area contributed by atoms with E-state index >= 15 is 0 Å². The molecule has 4 atom stereocenters. The van der Waals surface area contributed by atoms with Gasteiger partial charge in [-0.3, -0.25) is 9.59 Å². The zero-order valence-corrected chi connectivity index (χ0v) is 21.4. The number of nitrogens with one attached hydrogen (secondary N) is 1. The number of nitrogens with zero attached hydrogens (tertiary/aromatic N) is 3. The van der Waals surface area contributed by atoms with Crippen LogP contribution in [0.2, 0.25) is 0 Å². The molecule has 184 valence electrons.